The Morgan fingerprint density at radius 1 is 1.62 bits per heavy atom. The molecule has 1 aliphatic rings. The molecule has 1 saturated carbocycles. The maximum absolute atomic E-state index is 7.20. The maximum Gasteiger partial charge on any atom is 0.0918 e. The van der Waals surface area contributed by atoms with E-state index in [-0.39, 0.29) is 0 Å². The molecule has 3 heteroatoms. The lowest BCUT2D eigenvalue weighted by Gasteiger charge is -2.28. The second-order valence-electron chi connectivity index (χ2n) is 4.00. The smallest absolute Gasteiger partial charge is 0.0918 e. The van der Waals surface area contributed by atoms with E-state index in [1.54, 1.807) is 0 Å². The van der Waals surface area contributed by atoms with Gasteiger partial charge in [-0.2, -0.15) is 0 Å². The lowest BCUT2D eigenvalue weighted by Crippen LogP contribution is -2.37. The van der Waals surface area contributed by atoms with Crippen LogP contribution in [-0.4, -0.2) is 29.4 Å². The molecule has 1 atom stereocenters. The number of nitrogens with two attached hydrogens (primary N) is 1. The Morgan fingerprint density at radius 2 is 2.23 bits per heavy atom. The minimum absolute atomic E-state index is 0.314. The molecule has 0 aromatic carbocycles. The quantitative estimate of drug-likeness (QED) is 0.485. The Morgan fingerprint density at radius 3 is 2.62 bits per heavy atom. The van der Waals surface area contributed by atoms with Gasteiger partial charge in [-0.05, 0) is 26.2 Å². The van der Waals surface area contributed by atoms with Crippen LogP contribution in [0.3, 0.4) is 0 Å². The van der Waals surface area contributed by atoms with Gasteiger partial charge >= 0.3 is 0 Å². The molecule has 0 saturated heterocycles. The Kier molecular flexibility index (Phi) is 3.72. The van der Waals surface area contributed by atoms with Gasteiger partial charge in [0.15, 0.2) is 0 Å². The van der Waals surface area contributed by atoms with Gasteiger partial charge < -0.3 is 5.73 Å². The Labute approximate surface area is 80.8 Å². The van der Waals surface area contributed by atoms with Gasteiger partial charge in [0.1, 0.15) is 0 Å². The molecule has 0 spiro atoms. The van der Waals surface area contributed by atoms with Crippen molar-refractivity contribution in [1.82, 2.24) is 4.90 Å². The summed E-state index contributed by atoms with van der Waals surface area (Å²) in [7, 11) is 0. The van der Waals surface area contributed by atoms with Crippen molar-refractivity contribution in [2.75, 3.05) is 6.54 Å². The summed E-state index contributed by atoms with van der Waals surface area (Å²) in [6.45, 7) is 5.45. The van der Waals surface area contributed by atoms with Crippen LogP contribution in [0.25, 0.3) is 0 Å². The molecule has 13 heavy (non-hydrogen) atoms. The average Bonchev–Trinajstić information content (AvgIpc) is 2.87. The molecule has 76 valence electrons. The summed E-state index contributed by atoms with van der Waals surface area (Å²) in [6.07, 6.45) is 4.58. The molecule has 1 unspecified atom stereocenters. The average molecular weight is 183 g/mol. The highest BCUT2D eigenvalue weighted by molar-refractivity contribution is 5.76. The number of amidine groups is 1. The minimum Gasteiger partial charge on any atom is -0.388 e. The summed E-state index contributed by atoms with van der Waals surface area (Å²) in [5, 5.41) is 7.20. The lowest BCUT2D eigenvalue weighted by atomic mass is 10.2. The van der Waals surface area contributed by atoms with E-state index in [0.29, 0.717) is 11.9 Å². The van der Waals surface area contributed by atoms with E-state index in [4.69, 9.17) is 11.1 Å². The normalized spacial score (nSPS) is 19.0. The Hall–Kier alpha value is -0.570. The first-order valence-electron chi connectivity index (χ1n) is 5.23. The van der Waals surface area contributed by atoms with Gasteiger partial charge in [-0.3, -0.25) is 10.3 Å². The fourth-order valence-electron chi connectivity index (χ4n) is 1.65. The summed E-state index contributed by atoms with van der Waals surface area (Å²) >= 11 is 0. The van der Waals surface area contributed by atoms with Crippen molar-refractivity contribution < 1.29 is 0 Å². The monoisotopic (exact) mass is 183 g/mol. The summed E-state index contributed by atoms with van der Waals surface area (Å²) in [6, 6.07) is 1.43. The molecule has 1 rings (SSSR count). The van der Waals surface area contributed by atoms with Crippen LogP contribution in [0.1, 0.15) is 39.5 Å². The second-order valence-corrected chi connectivity index (χ2v) is 4.00. The first-order valence-corrected chi connectivity index (χ1v) is 5.23. The largest absolute Gasteiger partial charge is 0.388 e. The SMILES string of the molecule is CCC(C)N(CCC(=N)N)C1CC1. The Balaban J connectivity index is 2.33. The van der Waals surface area contributed by atoms with E-state index in [1.807, 2.05) is 0 Å². The van der Waals surface area contributed by atoms with E-state index in [2.05, 4.69) is 18.7 Å². The van der Waals surface area contributed by atoms with Crippen molar-refractivity contribution >= 4 is 5.84 Å². The maximum atomic E-state index is 7.20. The van der Waals surface area contributed by atoms with E-state index in [9.17, 15) is 0 Å². The number of rotatable bonds is 6. The van der Waals surface area contributed by atoms with Gasteiger partial charge in [0, 0.05) is 25.0 Å². The summed E-state index contributed by atoms with van der Waals surface area (Å²) < 4.78 is 0. The predicted molar refractivity (Wildman–Crippen MR) is 56.0 cm³/mol. The zero-order valence-corrected chi connectivity index (χ0v) is 8.71. The highest BCUT2D eigenvalue weighted by atomic mass is 15.2. The number of hydrogen-bond acceptors (Lipinski definition) is 2. The van der Waals surface area contributed by atoms with Crippen LogP contribution in [0.15, 0.2) is 0 Å². The molecular formula is C10H21N3. The van der Waals surface area contributed by atoms with E-state index in [0.717, 1.165) is 19.0 Å². The third-order valence-corrected chi connectivity index (χ3v) is 2.81. The predicted octanol–water partition coefficient (Wildman–Crippen LogP) is 1.58. The van der Waals surface area contributed by atoms with Crippen molar-refractivity contribution in [3.05, 3.63) is 0 Å². The van der Waals surface area contributed by atoms with Crippen LogP contribution in [0.5, 0.6) is 0 Å². The van der Waals surface area contributed by atoms with Crippen LogP contribution in [-0.2, 0) is 0 Å². The molecule has 0 aliphatic heterocycles. The number of nitrogens with one attached hydrogen (secondary N) is 1. The molecule has 3 nitrogen and oxygen atoms in total. The van der Waals surface area contributed by atoms with E-state index < -0.39 is 0 Å². The van der Waals surface area contributed by atoms with Crippen molar-refractivity contribution in [2.45, 2.75) is 51.6 Å². The topological polar surface area (TPSA) is 53.1 Å². The standard InChI is InChI=1S/C10H21N3/c1-3-8(2)13(9-4-5-9)7-6-10(11)12/h8-9H,3-7H2,1-2H3,(H3,11,12). The van der Waals surface area contributed by atoms with Gasteiger partial charge in [0.2, 0.25) is 0 Å². The second kappa shape index (κ2) is 4.61. The molecule has 0 bridgehead atoms. The van der Waals surface area contributed by atoms with Gasteiger partial charge in [-0.25, -0.2) is 0 Å². The molecule has 0 aromatic rings. The van der Waals surface area contributed by atoms with Crippen molar-refractivity contribution in [2.24, 2.45) is 5.73 Å². The van der Waals surface area contributed by atoms with Crippen molar-refractivity contribution in [1.29, 1.82) is 5.41 Å². The number of nitrogens with zero attached hydrogens (tertiary/aromatic N) is 1. The van der Waals surface area contributed by atoms with Crippen LogP contribution in [0.4, 0.5) is 0 Å². The summed E-state index contributed by atoms with van der Waals surface area (Å²) in [5.74, 6) is 0.314. The van der Waals surface area contributed by atoms with E-state index >= 15 is 0 Å². The summed E-state index contributed by atoms with van der Waals surface area (Å²) in [5.41, 5.74) is 5.36. The molecular weight excluding hydrogens is 162 g/mol. The third kappa shape index (κ3) is 3.35. The van der Waals surface area contributed by atoms with Gasteiger partial charge in [-0.15, -0.1) is 0 Å². The molecule has 0 aromatic heterocycles. The van der Waals surface area contributed by atoms with Crippen LogP contribution >= 0.6 is 0 Å². The van der Waals surface area contributed by atoms with Crippen LogP contribution < -0.4 is 5.73 Å². The first kappa shape index (κ1) is 10.5. The van der Waals surface area contributed by atoms with Gasteiger partial charge in [0.25, 0.3) is 0 Å². The molecule has 1 fully saturated rings. The molecule has 3 N–H and O–H groups in total. The molecule has 1 aliphatic carbocycles. The zero-order valence-electron chi connectivity index (χ0n) is 8.71. The molecule has 0 radical (unpaired) electrons. The first-order chi connectivity index (χ1) is 6.15. The van der Waals surface area contributed by atoms with Crippen molar-refractivity contribution in [3.63, 3.8) is 0 Å². The van der Waals surface area contributed by atoms with Crippen LogP contribution in [0.2, 0.25) is 0 Å². The minimum atomic E-state index is 0.314. The van der Waals surface area contributed by atoms with Crippen molar-refractivity contribution in [3.8, 4) is 0 Å². The zero-order chi connectivity index (χ0) is 9.84. The Bertz CT molecular complexity index is 175. The lowest BCUT2D eigenvalue weighted by molar-refractivity contribution is 0.199. The highest BCUT2D eigenvalue weighted by Crippen LogP contribution is 2.29. The third-order valence-electron chi connectivity index (χ3n) is 2.81. The van der Waals surface area contributed by atoms with Crippen LogP contribution in [0, 0.1) is 5.41 Å². The highest BCUT2D eigenvalue weighted by Gasteiger charge is 2.30. The van der Waals surface area contributed by atoms with Gasteiger partial charge in [-0.1, -0.05) is 6.92 Å². The fourth-order valence-corrected chi connectivity index (χ4v) is 1.65. The van der Waals surface area contributed by atoms with E-state index in [1.165, 1.54) is 19.3 Å². The number of hydrogen-bond donors (Lipinski definition) is 2. The fraction of sp³-hybridized carbons (Fsp3) is 0.900. The molecule has 0 amide bonds. The van der Waals surface area contributed by atoms with Gasteiger partial charge in [0.05, 0.1) is 5.84 Å². The summed E-state index contributed by atoms with van der Waals surface area (Å²) in [4.78, 5) is 2.50. The molecule has 0 heterocycles.